The highest BCUT2D eigenvalue weighted by atomic mass is 127. The van der Waals surface area contributed by atoms with Crippen LogP contribution in [0.15, 0.2) is 39.0 Å². The van der Waals surface area contributed by atoms with Crippen molar-refractivity contribution >= 4 is 28.8 Å². The Kier molecular flexibility index (Phi) is 5.57. The minimum Gasteiger partial charge on any atom is -0.493 e. The van der Waals surface area contributed by atoms with E-state index in [1.54, 1.807) is 12.1 Å². The first-order valence-electron chi connectivity index (χ1n) is 8.19. The molecule has 7 nitrogen and oxygen atoms in total. The van der Waals surface area contributed by atoms with Gasteiger partial charge in [-0.3, -0.25) is 14.8 Å². The first kappa shape index (κ1) is 17.7. The van der Waals surface area contributed by atoms with E-state index in [1.165, 1.54) is 19.1 Å². The van der Waals surface area contributed by atoms with Crippen LogP contribution in [-0.2, 0) is 0 Å². The number of nitrogens with one attached hydrogen (secondary N) is 1. The molecule has 1 aliphatic heterocycles. The SMILES string of the molecule is O=c1[nH]c(=O)n(-c2ccc(I)cc2)c(O)c1C=NN1CCCCCC1. The Morgan fingerprint density at radius 1 is 1.08 bits per heavy atom. The van der Waals surface area contributed by atoms with E-state index in [4.69, 9.17) is 0 Å². The molecule has 1 aromatic heterocycles. The van der Waals surface area contributed by atoms with E-state index in [1.807, 2.05) is 17.1 Å². The van der Waals surface area contributed by atoms with Crippen molar-refractivity contribution < 1.29 is 5.11 Å². The Bertz CT molecular complexity index is 878. The van der Waals surface area contributed by atoms with Crippen molar-refractivity contribution in [3.8, 4) is 11.6 Å². The topological polar surface area (TPSA) is 90.7 Å². The summed E-state index contributed by atoms with van der Waals surface area (Å²) in [5, 5.41) is 16.7. The largest absolute Gasteiger partial charge is 0.493 e. The van der Waals surface area contributed by atoms with Crippen molar-refractivity contribution in [1.29, 1.82) is 0 Å². The molecule has 25 heavy (non-hydrogen) atoms. The second kappa shape index (κ2) is 7.85. The summed E-state index contributed by atoms with van der Waals surface area (Å²) in [5.74, 6) is -0.409. The van der Waals surface area contributed by atoms with Gasteiger partial charge < -0.3 is 5.11 Å². The van der Waals surface area contributed by atoms with E-state index >= 15 is 0 Å². The van der Waals surface area contributed by atoms with Crippen LogP contribution < -0.4 is 11.2 Å². The van der Waals surface area contributed by atoms with Gasteiger partial charge in [-0.15, -0.1) is 0 Å². The highest BCUT2D eigenvalue weighted by molar-refractivity contribution is 14.1. The molecular formula is C17H19IN4O3. The average Bonchev–Trinajstić information content (AvgIpc) is 2.85. The second-order valence-electron chi connectivity index (χ2n) is 5.92. The van der Waals surface area contributed by atoms with Gasteiger partial charge in [0, 0.05) is 16.7 Å². The maximum absolute atomic E-state index is 12.1. The van der Waals surface area contributed by atoms with Crippen LogP contribution in [0, 0.1) is 3.57 Å². The number of aromatic amines is 1. The van der Waals surface area contributed by atoms with Gasteiger partial charge in [-0.25, -0.2) is 9.36 Å². The number of hydrazone groups is 1. The molecule has 2 N–H and O–H groups in total. The molecule has 0 atom stereocenters. The lowest BCUT2D eigenvalue weighted by atomic mass is 10.2. The molecule has 2 aromatic rings. The van der Waals surface area contributed by atoms with Crippen molar-refractivity contribution in [2.24, 2.45) is 5.10 Å². The third kappa shape index (κ3) is 4.12. The van der Waals surface area contributed by atoms with E-state index in [2.05, 4.69) is 32.7 Å². The van der Waals surface area contributed by atoms with Crippen molar-refractivity contribution in [2.75, 3.05) is 13.1 Å². The third-order valence-corrected chi connectivity index (χ3v) is 4.86. The Morgan fingerprint density at radius 3 is 2.36 bits per heavy atom. The van der Waals surface area contributed by atoms with E-state index in [-0.39, 0.29) is 5.56 Å². The van der Waals surface area contributed by atoms with Crippen LogP contribution in [-0.4, -0.2) is 39.0 Å². The van der Waals surface area contributed by atoms with E-state index in [0.717, 1.165) is 34.1 Å². The van der Waals surface area contributed by atoms with Crippen molar-refractivity contribution in [1.82, 2.24) is 14.6 Å². The number of nitrogens with zero attached hydrogens (tertiary/aromatic N) is 3. The van der Waals surface area contributed by atoms with Crippen molar-refractivity contribution in [2.45, 2.75) is 25.7 Å². The fourth-order valence-corrected chi connectivity index (χ4v) is 3.15. The zero-order chi connectivity index (χ0) is 17.8. The molecule has 0 amide bonds. The molecule has 0 bridgehead atoms. The summed E-state index contributed by atoms with van der Waals surface area (Å²) in [6.07, 6.45) is 5.80. The Morgan fingerprint density at radius 2 is 1.72 bits per heavy atom. The smallest absolute Gasteiger partial charge is 0.335 e. The molecule has 1 fully saturated rings. The van der Waals surface area contributed by atoms with Crippen molar-refractivity contribution in [3.05, 3.63) is 54.2 Å². The van der Waals surface area contributed by atoms with Crippen LogP contribution in [0.3, 0.4) is 0 Å². The molecule has 0 unspecified atom stereocenters. The summed E-state index contributed by atoms with van der Waals surface area (Å²) in [5.41, 5.74) is -0.885. The number of hydrogen-bond acceptors (Lipinski definition) is 5. The zero-order valence-corrected chi connectivity index (χ0v) is 15.8. The summed E-state index contributed by atoms with van der Waals surface area (Å²) >= 11 is 2.15. The predicted molar refractivity (Wildman–Crippen MR) is 105 cm³/mol. The summed E-state index contributed by atoms with van der Waals surface area (Å²) in [4.78, 5) is 26.5. The average molecular weight is 454 g/mol. The standard InChI is InChI=1S/C17H19IN4O3/c18-12-5-7-13(8-6-12)22-16(24)14(15(23)20-17(22)25)11-19-21-9-3-1-2-4-10-21/h5-8,11,24H,1-4,9-10H2,(H,20,23,25). The molecular weight excluding hydrogens is 435 g/mol. The van der Waals surface area contributed by atoms with Crippen LogP contribution in [0.2, 0.25) is 0 Å². The van der Waals surface area contributed by atoms with Crippen LogP contribution in [0.4, 0.5) is 0 Å². The van der Waals surface area contributed by atoms with Crippen LogP contribution in [0.1, 0.15) is 31.2 Å². The number of H-pyrrole nitrogens is 1. The molecule has 0 spiro atoms. The lowest BCUT2D eigenvalue weighted by Crippen LogP contribution is -2.31. The lowest BCUT2D eigenvalue weighted by molar-refractivity contribution is 0.302. The lowest BCUT2D eigenvalue weighted by Gasteiger charge is -2.15. The first-order chi connectivity index (χ1) is 12.1. The van der Waals surface area contributed by atoms with Gasteiger partial charge in [0.2, 0.25) is 5.88 Å². The van der Waals surface area contributed by atoms with Crippen LogP contribution in [0.5, 0.6) is 5.88 Å². The monoisotopic (exact) mass is 454 g/mol. The quantitative estimate of drug-likeness (QED) is 0.549. The molecule has 0 radical (unpaired) electrons. The fraction of sp³-hybridized carbons (Fsp3) is 0.353. The van der Waals surface area contributed by atoms with Gasteiger partial charge >= 0.3 is 5.69 Å². The molecule has 3 rings (SSSR count). The summed E-state index contributed by atoms with van der Waals surface area (Å²) in [6.45, 7) is 1.65. The molecule has 1 aromatic carbocycles. The Balaban J connectivity index is 1.99. The Labute approximate surface area is 158 Å². The third-order valence-electron chi connectivity index (χ3n) is 4.14. The predicted octanol–water partition coefficient (Wildman–Crippen LogP) is 2.05. The van der Waals surface area contributed by atoms with Gasteiger partial charge in [0.25, 0.3) is 5.56 Å². The molecule has 1 aliphatic rings. The summed E-state index contributed by atoms with van der Waals surface area (Å²) < 4.78 is 2.07. The van der Waals surface area contributed by atoms with Gasteiger partial charge in [0.15, 0.2) is 0 Å². The highest BCUT2D eigenvalue weighted by Gasteiger charge is 2.15. The van der Waals surface area contributed by atoms with Gasteiger partial charge in [-0.1, -0.05) is 12.8 Å². The fourth-order valence-electron chi connectivity index (χ4n) is 2.79. The minimum atomic E-state index is -0.685. The molecule has 0 aliphatic carbocycles. The number of rotatable bonds is 3. The number of aromatic hydroxyl groups is 1. The summed E-state index contributed by atoms with van der Waals surface area (Å²) in [7, 11) is 0. The molecule has 0 saturated carbocycles. The number of benzene rings is 1. The number of hydrogen-bond donors (Lipinski definition) is 2. The molecule has 132 valence electrons. The maximum atomic E-state index is 12.1. The van der Waals surface area contributed by atoms with Crippen molar-refractivity contribution in [3.63, 3.8) is 0 Å². The van der Waals surface area contributed by atoms with Gasteiger partial charge in [-0.05, 0) is 59.7 Å². The van der Waals surface area contributed by atoms with Gasteiger partial charge in [0.05, 0.1) is 11.9 Å². The Hall–Kier alpha value is -2.10. The van der Waals surface area contributed by atoms with E-state index in [0.29, 0.717) is 5.69 Å². The molecule has 1 saturated heterocycles. The first-order valence-corrected chi connectivity index (χ1v) is 9.27. The zero-order valence-electron chi connectivity index (χ0n) is 13.6. The summed E-state index contributed by atoms with van der Waals surface area (Å²) in [6, 6.07) is 7.05. The van der Waals surface area contributed by atoms with Crippen LogP contribution in [0.25, 0.3) is 5.69 Å². The van der Waals surface area contributed by atoms with Crippen LogP contribution >= 0.6 is 22.6 Å². The maximum Gasteiger partial charge on any atom is 0.335 e. The number of halogens is 1. The molecule has 8 heteroatoms. The normalized spacial score (nSPS) is 15.5. The van der Waals surface area contributed by atoms with Gasteiger partial charge in [0.1, 0.15) is 5.56 Å². The number of aromatic nitrogens is 2. The van der Waals surface area contributed by atoms with E-state index < -0.39 is 17.1 Å². The second-order valence-corrected chi connectivity index (χ2v) is 7.17. The molecule has 2 heterocycles. The van der Waals surface area contributed by atoms with Gasteiger partial charge in [-0.2, -0.15) is 5.10 Å². The minimum absolute atomic E-state index is 0.0256. The van der Waals surface area contributed by atoms with E-state index in [9.17, 15) is 14.7 Å². The highest BCUT2D eigenvalue weighted by Crippen LogP contribution is 2.17.